The van der Waals surface area contributed by atoms with Gasteiger partial charge in [-0.1, -0.05) is 26.3 Å². The van der Waals surface area contributed by atoms with E-state index in [2.05, 4.69) is 13.8 Å². The zero-order valence-electron chi connectivity index (χ0n) is 8.12. The van der Waals surface area contributed by atoms with E-state index in [9.17, 15) is 4.79 Å². The third kappa shape index (κ3) is 4.29. The van der Waals surface area contributed by atoms with Crippen molar-refractivity contribution in [3.8, 4) is 0 Å². The monoisotopic (exact) mass is 170 g/mol. The molecule has 0 fully saturated rings. The van der Waals surface area contributed by atoms with Gasteiger partial charge in [-0.3, -0.25) is 4.79 Å². The van der Waals surface area contributed by atoms with Crippen molar-refractivity contribution >= 4 is 6.29 Å². The Labute approximate surface area is 74.6 Å². The normalized spacial score (nSPS) is 16.2. The second-order valence-electron chi connectivity index (χ2n) is 2.94. The Morgan fingerprint density at radius 2 is 2.17 bits per heavy atom. The molecular formula is C10H18O2. The Morgan fingerprint density at radius 3 is 2.58 bits per heavy atom. The lowest BCUT2D eigenvalue weighted by molar-refractivity contribution is -0.104. The molecule has 2 heteroatoms. The summed E-state index contributed by atoms with van der Waals surface area (Å²) in [7, 11) is 1.71. The maximum atomic E-state index is 10.1. The number of hydrogen-bond donors (Lipinski definition) is 0. The number of carbonyl (C=O) groups is 1. The molecule has 12 heavy (non-hydrogen) atoms. The molecule has 0 aromatic rings. The highest BCUT2D eigenvalue weighted by Gasteiger charge is 2.11. The van der Waals surface area contributed by atoms with E-state index in [4.69, 9.17) is 4.74 Å². The van der Waals surface area contributed by atoms with Crippen LogP contribution < -0.4 is 0 Å². The number of rotatable bonds is 6. The summed E-state index contributed by atoms with van der Waals surface area (Å²) in [6.45, 7) is 4.19. The molecule has 0 saturated carbocycles. The van der Waals surface area contributed by atoms with Crippen molar-refractivity contribution in [2.45, 2.75) is 32.8 Å². The Kier molecular flexibility index (Phi) is 6.67. The molecule has 0 rings (SSSR count). The lowest BCUT2D eigenvalue weighted by Crippen LogP contribution is -2.18. The maximum Gasteiger partial charge on any atom is 0.142 e. The van der Waals surface area contributed by atoms with Gasteiger partial charge in [0, 0.05) is 13.0 Å². The SMILES string of the molecule is CCCC(OC)C(C)/C=C/C=O. The second-order valence-corrected chi connectivity index (χ2v) is 2.94. The van der Waals surface area contributed by atoms with Crippen LogP contribution in [-0.2, 0) is 9.53 Å². The van der Waals surface area contributed by atoms with Crippen LogP contribution in [0.5, 0.6) is 0 Å². The Bertz CT molecular complexity index is 141. The number of ether oxygens (including phenoxy) is 1. The van der Waals surface area contributed by atoms with Gasteiger partial charge in [-0.05, 0) is 12.5 Å². The number of methoxy groups -OCH3 is 1. The standard InChI is InChI=1S/C10H18O2/c1-4-6-10(12-3)9(2)7-5-8-11/h5,7-10H,4,6H2,1-3H3/b7-5+. The summed E-state index contributed by atoms with van der Waals surface area (Å²) in [4.78, 5) is 10.1. The lowest BCUT2D eigenvalue weighted by atomic mass is 10.0. The highest BCUT2D eigenvalue weighted by Crippen LogP contribution is 2.13. The zero-order chi connectivity index (χ0) is 9.40. The van der Waals surface area contributed by atoms with Gasteiger partial charge in [0.05, 0.1) is 6.10 Å². The summed E-state index contributed by atoms with van der Waals surface area (Å²) in [5, 5.41) is 0. The Hall–Kier alpha value is -0.630. The first kappa shape index (κ1) is 11.4. The van der Waals surface area contributed by atoms with Gasteiger partial charge in [-0.25, -0.2) is 0 Å². The summed E-state index contributed by atoms with van der Waals surface area (Å²) in [6.07, 6.45) is 6.61. The van der Waals surface area contributed by atoms with Crippen LogP contribution in [0.1, 0.15) is 26.7 Å². The molecule has 0 aromatic carbocycles. The van der Waals surface area contributed by atoms with Crippen molar-refractivity contribution < 1.29 is 9.53 Å². The molecule has 0 spiro atoms. The molecule has 0 aliphatic carbocycles. The first-order valence-corrected chi connectivity index (χ1v) is 4.41. The average Bonchev–Trinajstić information content (AvgIpc) is 2.10. The first-order chi connectivity index (χ1) is 5.76. The average molecular weight is 170 g/mol. The predicted octanol–water partition coefficient (Wildman–Crippen LogP) is 2.19. The summed E-state index contributed by atoms with van der Waals surface area (Å²) >= 11 is 0. The summed E-state index contributed by atoms with van der Waals surface area (Å²) in [5.41, 5.74) is 0. The molecule has 2 atom stereocenters. The fraction of sp³-hybridized carbons (Fsp3) is 0.700. The van der Waals surface area contributed by atoms with Gasteiger partial charge in [0.15, 0.2) is 0 Å². The molecule has 0 radical (unpaired) electrons. The minimum atomic E-state index is 0.242. The van der Waals surface area contributed by atoms with E-state index < -0.39 is 0 Å². The molecule has 2 nitrogen and oxygen atoms in total. The quantitative estimate of drug-likeness (QED) is 0.451. The minimum Gasteiger partial charge on any atom is -0.381 e. The topological polar surface area (TPSA) is 26.3 Å². The summed E-state index contributed by atoms with van der Waals surface area (Å²) < 4.78 is 5.28. The molecular weight excluding hydrogens is 152 g/mol. The van der Waals surface area contributed by atoms with Crippen LogP contribution in [0.15, 0.2) is 12.2 Å². The fourth-order valence-corrected chi connectivity index (χ4v) is 1.22. The van der Waals surface area contributed by atoms with Gasteiger partial charge in [0.2, 0.25) is 0 Å². The highest BCUT2D eigenvalue weighted by molar-refractivity contribution is 5.64. The van der Waals surface area contributed by atoms with Crippen molar-refractivity contribution in [1.29, 1.82) is 0 Å². The van der Waals surface area contributed by atoms with Crippen LogP contribution in [0.2, 0.25) is 0 Å². The van der Waals surface area contributed by atoms with Crippen molar-refractivity contribution in [3.05, 3.63) is 12.2 Å². The van der Waals surface area contributed by atoms with Crippen LogP contribution in [0.25, 0.3) is 0 Å². The molecule has 0 heterocycles. The summed E-state index contributed by atoms with van der Waals surface area (Å²) in [6, 6.07) is 0. The first-order valence-electron chi connectivity index (χ1n) is 4.41. The largest absolute Gasteiger partial charge is 0.381 e. The molecule has 0 N–H and O–H groups in total. The van der Waals surface area contributed by atoms with E-state index in [-0.39, 0.29) is 6.10 Å². The Balaban J connectivity index is 3.91. The van der Waals surface area contributed by atoms with Crippen LogP contribution >= 0.6 is 0 Å². The molecule has 2 unspecified atom stereocenters. The van der Waals surface area contributed by atoms with Crippen LogP contribution in [0.4, 0.5) is 0 Å². The number of carbonyl (C=O) groups excluding carboxylic acids is 1. The number of hydrogen-bond acceptors (Lipinski definition) is 2. The van der Waals surface area contributed by atoms with Crippen LogP contribution in [0, 0.1) is 5.92 Å². The van der Waals surface area contributed by atoms with Gasteiger partial charge in [-0.2, -0.15) is 0 Å². The summed E-state index contributed by atoms with van der Waals surface area (Å²) in [5.74, 6) is 0.320. The van der Waals surface area contributed by atoms with E-state index in [0.717, 1.165) is 19.1 Å². The van der Waals surface area contributed by atoms with Crippen LogP contribution in [-0.4, -0.2) is 19.5 Å². The fourth-order valence-electron chi connectivity index (χ4n) is 1.22. The molecule has 0 saturated heterocycles. The molecule has 70 valence electrons. The van der Waals surface area contributed by atoms with E-state index in [1.165, 1.54) is 6.08 Å². The highest BCUT2D eigenvalue weighted by atomic mass is 16.5. The predicted molar refractivity (Wildman–Crippen MR) is 50.1 cm³/mol. The Morgan fingerprint density at radius 1 is 1.50 bits per heavy atom. The van der Waals surface area contributed by atoms with E-state index in [0.29, 0.717) is 5.92 Å². The minimum absolute atomic E-state index is 0.242. The van der Waals surface area contributed by atoms with Gasteiger partial charge in [-0.15, -0.1) is 0 Å². The van der Waals surface area contributed by atoms with Gasteiger partial charge in [0.1, 0.15) is 6.29 Å². The third-order valence-corrected chi connectivity index (χ3v) is 1.96. The van der Waals surface area contributed by atoms with Gasteiger partial charge < -0.3 is 4.74 Å². The van der Waals surface area contributed by atoms with Crippen LogP contribution in [0.3, 0.4) is 0 Å². The number of allylic oxidation sites excluding steroid dienone is 1. The zero-order valence-corrected chi connectivity index (χ0v) is 8.12. The van der Waals surface area contributed by atoms with Gasteiger partial charge in [0.25, 0.3) is 0 Å². The second kappa shape index (κ2) is 7.04. The van der Waals surface area contributed by atoms with Crippen molar-refractivity contribution in [3.63, 3.8) is 0 Å². The lowest BCUT2D eigenvalue weighted by Gasteiger charge is -2.18. The third-order valence-electron chi connectivity index (χ3n) is 1.96. The smallest absolute Gasteiger partial charge is 0.142 e. The molecule has 0 aliphatic heterocycles. The van der Waals surface area contributed by atoms with Gasteiger partial charge >= 0.3 is 0 Å². The van der Waals surface area contributed by atoms with E-state index in [1.54, 1.807) is 7.11 Å². The van der Waals surface area contributed by atoms with Crippen molar-refractivity contribution in [2.24, 2.45) is 5.92 Å². The molecule has 0 bridgehead atoms. The molecule has 0 aliphatic rings. The van der Waals surface area contributed by atoms with Crippen molar-refractivity contribution in [1.82, 2.24) is 0 Å². The molecule has 0 aromatic heterocycles. The molecule has 0 amide bonds. The van der Waals surface area contributed by atoms with Crippen molar-refractivity contribution in [2.75, 3.05) is 7.11 Å². The maximum absolute atomic E-state index is 10.1. The number of aldehydes is 1. The van der Waals surface area contributed by atoms with E-state index >= 15 is 0 Å². The van der Waals surface area contributed by atoms with E-state index in [1.807, 2.05) is 6.08 Å².